The molecule has 124 valence electrons. The Hall–Kier alpha value is -1.99. The number of nitrogens with zero attached hydrogens (tertiary/aromatic N) is 1. The maximum atomic E-state index is 11.8. The van der Waals surface area contributed by atoms with Crippen molar-refractivity contribution in [1.29, 1.82) is 0 Å². The van der Waals surface area contributed by atoms with E-state index in [1.807, 2.05) is 43.3 Å². The van der Waals surface area contributed by atoms with E-state index < -0.39 is 0 Å². The Kier molecular flexibility index (Phi) is 5.42. The number of aryl methyl sites for hydroxylation is 1. The summed E-state index contributed by atoms with van der Waals surface area (Å²) < 4.78 is 11.4. The minimum Gasteiger partial charge on any atom is -0.454 e. The van der Waals surface area contributed by atoms with E-state index in [4.69, 9.17) is 9.47 Å². The summed E-state index contributed by atoms with van der Waals surface area (Å²) in [5.41, 5.74) is 4.52. The van der Waals surface area contributed by atoms with Crippen molar-refractivity contribution in [1.82, 2.24) is 5.43 Å². The molecule has 5 nitrogen and oxygen atoms in total. The number of halogens is 1. The second-order valence-electron chi connectivity index (χ2n) is 5.12. The van der Waals surface area contributed by atoms with Gasteiger partial charge in [-0.15, -0.1) is 11.8 Å². The molecule has 1 heterocycles. The van der Waals surface area contributed by atoms with Crippen LogP contribution < -0.4 is 14.9 Å². The van der Waals surface area contributed by atoms with E-state index >= 15 is 0 Å². The molecule has 1 aliphatic heterocycles. The van der Waals surface area contributed by atoms with Crippen molar-refractivity contribution in [3.05, 3.63) is 52.0 Å². The SMILES string of the molecule is Cc1ccc(SCC(=O)N/N=C\c2cc3c(cc2Br)OCO3)cc1. The maximum absolute atomic E-state index is 11.8. The number of ether oxygens (including phenoxy) is 2. The van der Waals surface area contributed by atoms with E-state index in [-0.39, 0.29) is 12.7 Å². The fraction of sp³-hybridized carbons (Fsp3) is 0.176. The van der Waals surface area contributed by atoms with E-state index in [0.717, 1.165) is 14.9 Å². The number of rotatable bonds is 5. The van der Waals surface area contributed by atoms with Gasteiger partial charge < -0.3 is 9.47 Å². The molecule has 7 heteroatoms. The van der Waals surface area contributed by atoms with Crippen LogP contribution >= 0.6 is 27.7 Å². The van der Waals surface area contributed by atoms with Gasteiger partial charge in [0.15, 0.2) is 11.5 Å². The monoisotopic (exact) mass is 406 g/mol. The maximum Gasteiger partial charge on any atom is 0.250 e. The topological polar surface area (TPSA) is 59.9 Å². The van der Waals surface area contributed by atoms with Crippen molar-refractivity contribution < 1.29 is 14.3 Å². The smallest absolute Gasteiger partial charge is 0.250 e. The second-order valence-corrected chi connectivity index (χ2v) is 7.02. The molecule has 1 amide bonds. The number of amides is 1. The quantitative estimate of drug-likeness (QED) is 0.466. The normalized spacial score (nSPS) is 12.6. The highest BCUT2D eigenvalue weighted by atomic mass is 79.9. The summed E-state index contributed by atoms with van der Waals surface area (Å²) in [6, 6.07) is 11.7. The third-order valence-electron chi connectivity index (χ3n) is 3.28. The number of hydrazone groups is 1. The fourth-order valence-corrected chi connectivity index (χ4v) is 3.14. The van der Waals surface area contributed by atoms with E-state index in [9.17, 15) is 4.79 Å². The number of hydrogen-bond acceptors (Lipinski definition) is 5. The highest BCUT2D eigenvalue weighted by Gasteiger charge is 2.15. The summed E-state index contributed by atoms with van der Waals surface area (Å²) in [7, 11) is 0. The third kappa shape index (κ3) is 4.30. The molecule has 0 bridgehead atoms. The summed E-state index contributed by atoms with van der Waals surface area (Å²) in [6.45, 7) is 2.25. The van der Waals surface area contributed by atoms with E-state index in [1.54, 1.807) is 6.21 Å². The average Bonchev–Trinajstić information content (AvgIpc) is 3.01. The molecule has 2 aromatic carbocycles. The molecule has 0 spiro atoms. The van der Waals surface area contributed by atoms with Crippen molar-refractivity contribution in [2.45, 2.75) is 11.8 Å². The molecule has 0 radical (unpaired) electrons. The van der Waals surface area contributed by atoms with Crippen LogP contribution in [0.25, 0.3) is 0 Å². The van der Waals surface area contributed by atoms with Crippen LogP contribution in [-0.4, -0.2) is 24.7 Å². The zero-order chi connectivity index (χ0) is 16.9. The summed E-state index contributed by atoms with van der Waals surface area (Å²) in [6.07, 6.45) is 1.57. The molecule has 0 unspecified atom stereocenters. The van der Waals surface area contributed by atoms with E-state index in [1.165, 1.54) is 17.3 Å². The van der Waals surface area contributed by atoms with Gasteiger partial charge in [0.05, 0.1) is 12.0 Å². The van der Waals surface area contributed by atoms with Gasteiger partial charge in [-0.05, 0) is 47.1 Å². The Morgan fingerprint density at radius 3 is 2.75 bits per heavy atom. The first-order chi connectivity index (χ1) is 11.6. The molecular formula is C17H15BrN2O3S. The van der Waals surface area contributed by atoms with Crippen LogP contribution in [0.1, 0.15) is 11.1 Å². The Balaban J connectivity index is 1.52. The highest BCUT2D eigenvalue weighted by molar-refractivity contribution is 9.10. The summed E-state index contributed by atoms with van der Waals surface area (Å²) in [4.78, 5) is 12.9. The first-order valence-electron chi connectivity index (χ1n) is 7.22. The molecule has 3 rings (SSSR count). The zero-order valence-corrected chi connectivity index (χ0v) is 15.3. The van der Waals surface area contributed by atoms with Crippen molar-refractivity contribution in [3.63, 3.8) is 0 Å². The number of thioether (sulfide) groups is 1. The molecule has 0 aromatic heterocycles. The van der Waals surface area contributed by atoms with Crippen molar-refractivity contribution >= 4 is 39.8 Å². The number of fused-ring (bicyclic) bond motifs is 1. The van der Waals surface area contributed by atoms with Crippen LogP contribution in [0.5, 0.6) is 11.5 Å². The number of benzene rings is 2. The average molecular weight is 407 g/mol. The summed E-state index contributed by atoms with van der Waals surface area (Å²) >= 11 is 4.91. The number of carbonyl (C=O) groups is 1. The van der Waals surface area contributed by atoms with Gasteiger partial charge in [-0.25, -0.2) is 5.43 Å². The second kappa shape index (κ2) is 7.72. The Bertz CT molecular complexity index is 778. The van der Waals surface area contributed by atoms with Crippen molar-refractivity contribution in [2.24, 2.45) is 5.10 Å². The molecular weight excluding hydrogens is 392 g/mol. The lowest BCUT2D eigenvalue weighted by molar-refractivity contribution is -0.118. The lowest BCUT2D eigenvalue weighted by Crippen LogP contribution is -2.19. The molecule has 0 fully saturated rings. The minimum atomic E-state index is -0.159. The predicted molar refractivity (Wildman–Crippen MR) is 97.9 cm³/mol. The summed E-state index contributed by atoms with van der Waals surface area (Å²) in [5, 5.41) is 3.99. The first kappa shape index (κ1) is 16.9. The van der Waals surface area contributed by atoms with Gasteiger partial charge in [0.25, 0.3) is 0 Å². The number of nitrogens with one attached hydrogen (secondary N) is 1. The number of carbonyl (C=O) groups excluding carboxylic acids is 1. The van der Waals surface area contributed by atoms with Crippen LogP contribution in [0.4, 0.5) is 0 Å². The highest BCUT2D eigenvalue weighted by Crippen LogP contribution is 2.36. The van der Waals surface area contributed by atoms with E-state index in [2.05, 4.69) is 26.5 Å². The van der Waals surface area contributed by atoms with Gasteiger partial charge in [0, 0.05) is 14.9 Å². The predicted octanol–water partition coefficient (Wildman–Crippen LogP) is 3.73. The number of hydrogen-bond donors (Lipinski definition) is 1. The lowest BCUT2D eigenvalue weighted by Gasteiger charge is -2.03. The van der Waals surface area contributed by atoms with Crippen LogP contribution in [0.2, 0.25) is 0 Å². The molecule has 0 atom stereocenters. The molecule has 1 aliphatic rings. The van der Waals surface area contributed by atoms with Crippen LogP contribution in [0.15, 0.2) is 50.9 Å². The van der Waals surface area contributed by atoms with Gasteiger partial charge in [0.2, 0.25) is 12.7 Å². The third-order valence-corrected chi connectivity index (χ3v) is 4.97. The van der Waals surface area contributed by atoms with Crippen molar-refractivity contribution in [2.75, 3.05) is 12.5 Å². The van der Waals surface area contributed by atoms with Gasteiger partial charge in [0.1, 0.15) is 0 Å². The molecule has 0 aliphatic carbocycles. The molecule has 24 heavy (non-hydrogen) atoms. The lowest BCUT2D eigenvalue weighted by atomic mass is 10.2. The van der Waals surface area contributed by atoms with Gasteiger partial charge in [-0.2, -0.15) is 5.10 Å². The van der Waals surface area contributed by atoms with Gasteiger partial charge in [-0.1, -0.05) is 17.7 Å². The molecule has 1 N–H and O–H groups in total. The standard InChI is InChI=1S/C17H15BrN2O3S/c1-11-2-4-13(5-3-11)24-9-17(21)20-19-8-12-6-15-16(7-14(12)18)23-10-22-15/h2-8H,9-10H2,1H3,(H,20,21)/b19-8-. The molecule has 0 saturated heterocycles. The molecule has 2 aromatic rings. The Morgan fingerprint density at radius 1 is 1.29 bits per heavy atom. The minimum absolute atomic E-state index is 0.159. The van der Waals surface area contributed by atoms with Gasteiger partial charge >= 0.3 is 0 Å². The van der Waals surface area contributed by atoms with E-state index in [0.29, 0.717) is 17.3 Å². The Morgan fingerprint density at radius 2 is 2.00 bits per heavy atom. The molecule has 0 saturated carbocycles. The summed E-state index contributed by atoms with van der Waals surface area (Å²) in [5.74, 6) is 1.51. The first-order valence-corrected chi connectivity index (χ1v) is 9.00. The van der Waals surface area contributed by atoms with Crippen molar-refractivity contribution in [3.8, 4) is 11.5 Å². The van der Waals surface area contributed by atoms with Crippen LogP contribution in [0, 0.1) is 6.92 Å². The van der Waals surface area contributed by atoms with Crippen LogP contribution in [-0.2, 0) is 4.79 Å². The Labute approximate surface area is 152 Å². The zero-order valence-electron chi connectivity index (χ0n) is 12.9. The van der Waals surface area contributed by atoms with Gasteiger partial charge in [-0.3, -0.25) is 4.79 Å². The largest absolute Gasteiger partial charge is 0.454 e. The van der Waals surface area contributed by atoms with Crippen LogP contribution in [0.3, 0.4) is 0 Å². The fourth-order valence-electron chi connectivity index (χ4n) is 2.02.